The van der Waals surface area contributed by atoms with E-state index in [0.29, 0.717) is 11.8 Å². The SMILES string of the molecule is Cc1noc(C)c1-c1cnc2c(-c3ccc(C4CC4CC(=O)O)cc3)cn(CC3CCOCC3)c2c1. The van der Waals surface area contributed by atoms with Gasteiger partial charge in [0, 0.05) is 55.3 Å². The topological polar surface area (TPSA) is 90.4 Å². The molecule has 0 radical (unpaired) electrons. The van der Waals surface area contributed by atoms with Gasteiger partial charge < -0.3 is 18.9 Å². The average Bonchev–Trinajstić information content (AvgIpc) is 3.43. The number of ether oxygens (including phenoxy) is 1. The number of carbonyl (C=O) groups is 1. The third kappa shape index (κ3) is 4.32. The molecular formula is C29H31N3O4. The van der Waals surface area contributed by atoms with E-state index in [4.69, 9.17) is 19.4 Å². The van der Waals surface area contributed by atoms with E-state index in [-0.39, 0.29) is 12.3 Å². The number of benzene rings is 1. The van der Waals surface area contributed by atoms with Crippen LogP contribution in [-0.4, -0.2) is 39.0 Å². The summed E-state index contributed by atoms with van der Waals surface area (Å²) in [6.07, 6.45) is 7.51. The van der Waals surface area contributed by atoms with Crippen LogP contribution >= 0.6 is 0 Å². The lowest BCUT2D eigenvalue weighted by molar-refractivity contribution is -0.137. The Morgan fingerprint density at radius 1 is 1.14 bits per heavy atom. The van der Waals surface area contributed by atoms with E-state index in [1.165, 1.54) is 5.56 Å². The predicted octanol–water partition coefficient (Wildman–Crippen LogP) is 5.98. The Morgan fingerprint density at radius 2 is 1.92 bits per heavy atom. The van der Waals surface area contributed by atoms with Crippen LogP contribution in [0, 0.1) is 25.7 Å². The van der Waals surface area contributed by atoms with Crippen molar-refractivity contribution < 1.29 is 19.2 Å². The maximum Gasteiger partial charge on any atom is 0.303 e. The van der Waals surface area contributed by atoms with Gasteiger partial charge in [-0.15, -0.1) is 0 Å². The zero-order valence-electron chi connectivity index (χ0n) is 20.7. The van der Waals surface area contributed by atoms with Gasteiger partial charge in [0.05, 0.1) is 16.7 Å². The number of hydrogen-bond acceptors (Lipinski definition) is 5. The Morgan fingerprint density at radius 3 is 2.61 bits per heavy atom. The minimum absolute atomic E-state index is 0.253. The van der Waals surface area contributed by atoms with E-state index in [0.717, 1.165) is 83.8 Å². The second kappa shape index (κ2) is 9.21. The van der Waals surface area contributed by atoms with Crippen LogP contribution in [0.15, 0.2) is 47.2 Å². The molecule has 6 rings (SSSR count). The van der Waals surface area contributed by atoms with Crippen molar-refractivity contribution >= 4 is 17.0 Å². The maximum atomic E-state index is 11.0. The lowest BCUT2D eigenvalue weighted by Crippen LogP contribution is -2.20. The molecule has 1 saturated heterocycles. The summed E-state index contributed by atoms with van der Waals surface area (Å²) in [5, 5.41) is 13.2. The van der Waals surface area contributed by atoms with Gasteiger partial charge in [0.15, 0.2) is 0 Å². The molecule has 2 atom stereocenters. The third-order valence-corrected chi connectivity index (χ3v) is 7.84. The molecule has 2 aliphatic rings. The van der Waals surface area contributed by atoms with Crippen molar-refractivity contribution in [2.75, 3.05) is 13.2 Å². The van der Waals surface area contributed by atoms with Gasteiger partial charge in [-0.05, 0) is 68.1 Å². The van der Waals surface area contributed by atoms with Gasteiger partial charge in [0.2, 0.25) is 0 Å². The summed E-state index contributed by atoms with van der Waals surface area (Å²) in [5.41, 5.74) is 8.47. The normalized spacial score (nSPS) is 20.2. The van der Waals surface area contributed by atoms with Gasteiger partial charge in [0.25, 0.3) is 0 Å². The van der Waals surface area contributed by atoms with Crippen LogP contribution in [0.1, 0.15) is 48.6 Å². The minimum Gasteiger partial charge on any atom is -0.481 e. The van der Waals surface area contributed by atoms with Crippen molar-refractivity contribution in [3.05, 3.63) is 59.7 Å². The Labute approximate surface area is 210 Å². The highest BCUT2D eigenvalue weighted by Gasteiger charge is 2.39. The molecule has 4 heterocycles. The molecule has 1 aromatic carbocycles. The number of pyridine rings is 1. The van der Waals surface area contributed by atoms with Crippen molar-refractivity contribution in [3.63, 3.8) is 0 Å². The van der Waals surface area contributed by atoms with E-state index < -0.39 is 5.97 Å². The van der Waals surface area contributed by atoms with Crippen LogP contribution in [0.4, 0.5) is 0 Å². The summed E-state index contributed by atoms with van der Waals surface area (Å²) in [4.78, 5) is 16.0. The van der Waals surface area contributed by atoms with Crippen LogP contribution in [0.2, 0.25) is 0 Å². The summed E-state index contributed by atoms with van der Waals surface area (Å²) in [7, 11) is 0. The van der Waals surface area contributed by atoms with Crippen LogP contribution < -0.4 is 0 Å². The molecule has 7 heteroatoms. The summed E-state index contributed by atoms with van der Waals surface area (Å²) in [6, 6.07) is 10.8. The fourth-order valence-corrected chi connectivity index (χ4v) is 5.78. The fraction of sp³-hybridized carbons (Fsp3) is 0.414. The van der Waals surface area contributed by atoms with Gasteiger partial charge >= 0.3 is 5.97 Å². The minimum atomic E-state index is -0.710. The van der Waals surface area contributed by atoms with Gasteiger partial charge in [-0.3, -0.25) is 9.78 Å². The number of aryl methyl sites for hydroxylation is 2. The second-order valence-electron chi connectivity index (χ2n) is 10.4. The molecule has 4 aromatic rings. The van der Waals surface area contributed by atoms with Crippen LogP contribution in [0.5, 0.6) is 0 Å². The number of fused-ring (bicyclic) bond motifs is 1. The number of aromatic nitrogens is 3. The molecule has 0 bridgehead atoms. The van der Waals surface area contributed by atoms with Crippen LogP contribution in [-0.2, 0) is 16.1 Å². The van der Waals surface area contributed by atoms with E-state index in [1.807, 2.05) is 20.0 Å². The first kappa shape index (κ1) is 23.0. The second-order valence-corrected chi connectivity index (χ2v) is 10.4. The lowest BCUT2D eigenvalue weighted by Gasteiger charge is -2.22. The molecular weight excluding hydrogens is 454 g/mol. The summed E-state index contributed by atoms with van der Waals surface area (Å²) in [6.45, 7) is 6.48. The molecule has 36 heavy (non-hydrogen) atoms. The smallest absolute Gasteiger partial charge is 0.303 e. The Balaban J connectivity index is 1.37. The van der Waals surface area contributed by atoms with Crippen LogP contribution in [0.25, 0.3) is 33.3 Å². The van der Waals surface area contributed by atoms with E-state index in [9.17, 15) is 4.79 Å². The molecule has 3 aromatic heterocycles. The maximum absolute atomic E-state index is 11.0. The number of rotatable bonds is 7. The summed E-state index contributed by atoms with van der Waals surface area (Å²) < 4.78 is 13.4. The first-order valence-electron chi connectivity index (χ1n) is 12.8. The standard InChI is InChI=1S/C29H31N3O4/c1-17-28(18(2)36-31-17)23-12-26-29(30-14-23)25(16-32(26)15-19-7-9-35-10-8-19)21-5-3-20(4-6-21)24-11-22(24)13-27(33)34/h3-6,12,14,16,19,22,24H,7-11,13,15H2,1-2H3,(H,33,34). The highest BCUT2D eigenvalue weighted by molar-refractivity contribution is 5.95. The van der Waals surface area contributed by atoms with E-state index >= 15 is 0 Å². The van der Waals surface area contributed by atoms with Crippen molar-refractivity contribution in [2.45, 2.75) is 52.0 Å². The molecule has 2 fully saturated rings. The van der Waals surface area contributed by atoms with Gasteiger partial charge in [-0.2, -0.15) is 0 Å². The van der Waals surface area contributed by atoms with E-state index in [2.05, 4.69) is 46.3 Å². The predicted molar refractivity (Wildman–Crippen MR) is 137 cm³/mol. The quantitative estimate of drug-likeness (QED) is 0.346. The zero-order valence-corrected chi connectivity index (χ0v) is 20.7. The van der Waals surface area contributed by atoms with Gasteiger partial charge in [-0.1, -0.05) is 29.4 Å². The zero-order chi connectivity index (χ0) is 24.8. The Bertz CT molecular complexity index is 1390. The summed E-state index contributed by atoms with van der Waals surface area (Å²) in [5.74, 6) is 1.29. The number of carboxylic acids is 1. The monoisotopic (exact) mass is 485 g/mol. The van der Waals surface area contributed by atoms with Crippen molar-refractivity contribution in [3.8, 4) is 22.3 Å². The van der Waals surface area contributed by atoms with Crippen molar-refractivity contribution in [2.24, 2.45) is 11.8 Å². The molecule has 7 nitrogen and oxygen atoms in total. The highest BCUT2D eigenvalue weighted by Crippen LogP contribution is 2.49. The number of hydrogen-bond donors (Lipinski definition) is 1. The number of carboxylic acid groups (broad SMARTS) is 1. The Kier molecular flexibility index (Phi) is 5.88. The molecule has 1 aliphatic carbocycles. The van der Waals surface area contributed by atoms with Crippen molar-refractivity contribution in [1.82, 2.24) is 14.7 Å². The molecule has 1 aliphatic heterocycles. The largest absolute Gasteiger partial charge is 0.481 e. The van der Waals surface area contributed by atoms with E-state index in [1.54, 1.807) is 0 Å². The summed E-state index contributed by atoms with van der Waals surface area (Å²) >= 11 is 0. The van der Waals surface area contributed by atoms with Gasteiger partial charge in [0.1, 0.15) is 5.76 Å². The third-order valence-electron chi connectivity index (χ3n) is 7.84. The molecule has 186 valence electrons. The first-order valence-corrected chi connectivity index (χ1v) is 12.8. The fourth-order valence-electron chi connectivity index (χ4n) is 5.78. The molecule has 0 spiro atoms. The first-order chi connectivity index (χ1) is 17.5. The van der Waals surface area contributed by atoms with Crippen LogP contribution in [0.3, 0.4) is 0 Å². The highest BCUT2D eigenvalue weighted by atomic mass is 16.5. The number of nitrogens with zero attached hydrogens (tertiary/aromatic N) is 3. The molecule has 1 saturated carbocycles. The Hall–Kier alpha value is -3.45. The van der Waals surface area contributed by atoms with Crippen molar-refractivity contribution in [1.29, 1.82) is 0 Å². The molecule has 2 unspecified atom stereocenters. The average molecular weight is 486 g/mol. The molecule has 1 N–H and O–H groups in total. The molecule has 0 amide bonds. The lowest BCUT2D eigenvalue weighted by atomic mass is 10.0. The number of aliphatic carboxylic acids is 1. The van der Waals surface area contributed by atoms with Gasteiger partial charge in [-0.25, -0.2) is 0 Å².